The van der Waals surface area contributed by atoms with E-state index in [-0.39, 0.29) is 10.8 Å². The summed E-state index contributed by atoms with van der Waals surface area (Å²) in [5, 5.41) is 8.16. The van der Waals surface area contributed by atoms with Gasteiger partial charge in [-0.25, -0.2) is 0 Å². The van der Waals surface area contributed by atoms with Crippen molar-refractivity contribution in [3.05, 3.63) is 168 Å². The van der Waals surface area contributed by atoms with Crippen molar-refractivity contribution in [3.8, 4) is 44.5 Å². The van der Waals surface area contributed by atoms with Crippen LogP contribution in [0.5, 0.6) is 0 Å². The van der Waals surface area contributed by atoms with Crippen LogP contribution in [0.25, 0.3) is 76.8 Å². The predicted octanol–water partition coefficient (Wildman–Crippen LogP) is 14.5. The van der Waals surface area contributed by atoms with E-state index in [1.54, 1.807) is 11.1 Å². The summed E-state index contributed by atoms with van der Waals surface area (Å²) in [6.45, 7) is 4.79. The molecule has 6 aliphatic carbocycles. The third kappa shape index (κ3) is 3.79. The number of rotatable bonds is 2. The predicted molar refractivity (Wildman–Crippen MR) is 231 cm³/mol. The zero-order chi connectivity index (χ0) is 36.2. The molecule has 0 radical (unpaired) electrons. The topological polar surface area (TPSA) is 0 Å². The fraction of sp³-hybridized carbons (Fsp3) is 0.236. The Morgan fingerprint density at radius 2 is 0.855 bits per heavy atom. The molecule has 8 aromatic carbocycles. The molecule has 4 fully saturated rings. The van der Waals surface area contributed by atoms with Crippen LogP contribution in [-0.4, -0.2) is 0 Å². The molecule has 0 heteroatoms. The highest BCUT2D eigenvalue weighted by Gasteiger charge is 2.61. The number of hydrogen-bond acceptors (Lipinski definition) is 0. The zero-order valence-corrected chi connectivity index (χ0v) is 31.7. The van der Waals surface area contributed by atoms with E-state index in [4.69, 9.17) is 0 Å². The molecule has 264 valence electrons. The number of benzene rings is 8. The third-order valence-electron chi connectivity index (χ3n) is 15.6. The van der Waals surface area contributed by atoms with Gasteiger partial charge in [-0.3, -0.25) is 0 Å². The molecule has 0 N–H and O–H groups in total. The van der Waals surface area contributed by atoms with E-state index in [1.165, 1.54) is 120 Å². The Labute approximate surface area is 323 Å². The number of fused-ring (bicyclic) bond motifs is 10. The summed E-state index contributed by atoms with van der Waals surface area (Å²) in [6.07, 6.45) is 7.05. The quantitative estimate of drug-likeness (QED) is 0.157. The van der Waals surface area contributed by atoms with E-state index in [2.05, 4.69) is 159 Å². The molecule has 4 bridgehead atoms. The molecule has 0 nitrogen and oxygen atoms in total. The molecule has 0 aliphatic heterocycles. The summed E-state index contributed by atoms with van der Waals surface area (Å²) >= 11 is 0. The maximum absolute atomic E-state index is 2.74. The molecule has 1 spiro atoms. The van der Waals surface area contributed by atoms with Crippen molar-refractivity contribution >= 4 is 32.3 Å². The molecule has 4 saturated carbocycles. The van der Waals surface area contributed by atoms with Crippen molar-refractivity contribution in [2.24, 2.45) is 23.7 Å². The third-order valence-corrected chi connectivity index (χ3v) is 15.6. The highest BCUT2D eigenvalue weighted by atomic mass is 14.6. The minimum absolute atomic E-state index is 0.0533. The van der Waals surface area contributed by atoms with Gasteiger partial charge in [0.1, 0.15) is 0 Å². The Balaban J connectivity index is 1.11. The molecule has 0 amide bonds. The van der Waals surface area contributed by atoms with Crippen molar-refractivity contribution in [2.45, 2.75) is 56.8 Å². The lowest BCUT2D eigenvalue weighted by Crippen LogP contribution is -2.55. The Morgan fingerprint density at radius 1 is 0.364 bits per heavy atom. The monoisotopic (exact) mass is 704 g/mol. The highest BCUT2D eigenvalue weighted by Crippen LogP contribution is 2.70. The first-order valence-electron chi connectivity index (χ1n) is 20.9. The average molecular weight is 705 g/mol. The molecule has 0 atom stereocenters. The van der Waals surface area contributed by atoms with Gasteiger partial charge < -0.3 is 0 Å². The first-order valence-corrected chi connectivity index (χ1v) is 20.9. The van der Waals surface area contributed by atoms with E-state index in [0.717, 1.165) is 23.7 Å². The van der Waals surface area contributed by atoms with E-state index < -0.39 is 0 Å². The van der Waals surface area contributed by atoms with Crippen LogP contribution in [0.1, 0.15) is 68.2 Å². The van der Waals surface area contributed by atoms with Crippen LogP contribution in [0.4, 0.5) is 0 Å². The second-order valence-corrected chi connectivity index (χ2v) is 18.4. The lowest BCUT2D eigenvalue weighted by molar-refractivity contribution is -0.0399. The molecule has 6 aliphatic rings. The van der Waals surface area contributed by atoms with E-state index in [1.807, 2.05) is 0 Å². The largest absolute Gasteiger partial charge is 0.0619 e. The summed E-state index contributed by atoms with van der Waals surface area (Å²) in [5.41, 5.74) is 17.4. The van der Waals surface area contributed by atoms with Gasteiger partial charge in [-0.15, -0.1) is 0 Å². The van der Waals surface area contributed by atoms with Gasteiger partial charge in [-0.05, 0) is 167 Å². The second kappa shape index (κ2) is 10.6. The summed E-state index contributed by atoms with van der Waals surface area (Å²) in [7, 11) is 0. The van der Waals surface area contributed by atoms with E-state index in [9.17, 15) is 0 Å². The maximum atomic E-state index is 2.74. The summed E-state index contributed by atoms with van der Waals surface area (Å²) in [5.74, 6) is 3.30. The summed E-state index contributed by atoms with van der Waals surface area (Å²) < 4.78 is 0. The Kier molecular flexibility index (Phi) is 5.96. The van der Waals surface area contributed by atoms with Gasteiger partial charge in [-0.2, -0.15) is 0 Å². The molecule has 0 saturated heterocycles. The van der Waals surface area contributed by atoms with Gasteiger partial charge in [0.05, 0.1) is 0 Å². The fourth-order valence-corrected chi connectivity index (χ4v) is 13.8. The molecular weight excluding hydrogens is 661 g/mol. The van der Waals surface area contributed by atoms with Gasteiger partial charge in [0.15, 0.2) is 0 Å². The van der Waals surface area contributed by atoms with Crippen molar-refractivity contribution in [1.29, 1.82) is 0 Å². The molecule has 0 heterocycles. The normalized spacial score (nSPS) is 24.8. The van der Waals surface area contributed by atoms with Crippen LogP contribution < -0.4 is 0 Å². The fourth-order valence-electron chi connectivity index (χ4n) is 13.8. The van der Waals surface area contributed by atoms with Crippen LogP contribution in [0.3, 0.4) is 0 Å². The Morgan fingerprint density at radius 3 is 1.49 bits per heavy atom. The summed E-state index contributed by atoms with van der Waals surface area (Å²) in [6, 6.07) is 56.6. The van der Waals surface area contributed by atoms with Gasteiger partial charge >= 0.3 is 0 Å². The molecule has 8 aromatic rings. The van der Waals surface area contributed by atoms with Crippen LogP contribution in [0.15, 0.2) is 146 Å². The Bertz CT molecular complexity index is 2890. The smallest absolute Gasteiger partial charge is 0.0272 e. The Hall–Kier alpha value is -5.46. The average Bonchev–Trinajstić information content (AvgIpc) is 3.64. The molecule has 0 aromatic heterocycles. The van der Waals surface area contributed by atoms with E-state index >= 15 is 0 Å². The van der Waals surface area contributed by atoms with Gasteiger partial charge in [0.2, 0.25) is 0 Å². The molecule has 55 heavy (non-hydrogen) atoms. The standard InChI is InChI=1S/C55H44/c1-54(2)47-21-11-9-14-38(47)39-24-23-34(30-49(39)54)51-41-16-5-7-18-43(41)52(44-19-8-6-17-42(44)51)46-31-50-53(40-15-4-3-13-37(40)46)45-20-10-12-22-48(45)55(50)35-26-32-25-33(28-35)29-36(55)27-32/h3-24,30-33,35-36H,25-29H2,1-2H3. The van der Waals surface area contributed by atoms with Gasteiger partial charge in [0.25, 0.3) is 0 Å². The molecule has 0 unspecified atom stereocenters. The van der Waals surface area contributed by atoms with Crippen LogP contribution in [0.2, 0.25) is 0 Å². The summed E-state index contributed by atoms with van der Waals surface area (Å²) in [4.78, 5) is 0. The van der Waals surface area contributed by atoms with Crippen LogP contribution in [0, 0.1) is 23.7 Å². The first-order chi connectivity index (χ1) is 27.0. The number of hydrogen-bond donors (Lipinski definition) is 0. The molecule has 14 rings (SSSR count). The zero-order valence-electron chi connectivity index (χ0n) is 31.7. The minimum atomic E-state index is -0.0533. The van der Waals surface area contributed by atoms with Crippen molar-refractivity contribution in [3.63, 3.8) is 0 Å². The lowest BCUT2D eigenvalue weighted by Gasteiger charge is -2.61. The maximum Gasteiger partial charge on any atom is 0.0272 e. The van der Waals surface area contributed by atoms with Crippen LogP contribution in [-0.2, 0) is 10.8 Å². The second-order valence-electron chi connectivity index (χ2n) is 18.4. The van der Waals surface area contributed by atoms with Gasteiger partial charge in [0, 0.05) is 10.8 Å². The highest BCUT2D eigenvalue weighted by molar-refractivity contribution is 6.24. The van der Waals surface area contributed by atoms with Crippen LogP contribution >= 0.6 is 0 Å². The van der Waals surface area contributed by atoms with Gasteiger partial charge in [-0.1, -0.05) is 147 Å². The van der Waals surface area contributed by atoms with Crippen molar-refractivity contribution < 1.29 is 0 Å². The van der Waals surface area contributed by atoms with Crippen molar-refractivity contribution in [2.75, 3.05) is 0 Å². The molecular formula is C55H44. The lowest BCUT2D eigenvalue weighted by atomic mass is 9.43. The first kappa shape index (κ1) is 30.8. The van der Waals surface area contributed by atoms with Crippen molar-refractivity contribution in [1.82, 2.24) is 0 Å². The van der Waals surface area contributed by atoms with E-state index in [0.29, 0.717) is 0 Å². The SMILES string of the molecule is CC1(C)c2ccccc2-c2ccc(-c3c4ccccc4c(-c4cc5c(c6ccccc46)-c4ccccc4C54C5CC6CC(C5)CC4C6)c4ccccc34)cc21. The minimum Gasteiger partial charge on any atom is -0.0619 e.